The molecule has 0 bridgehead atoms. The minimum Gasteiger partial charge on any atom is -0.309 e. The number of nitrogens with zero attached hydrogens (tertiary/aromatic N) is 2. The lowest BCUT2D eigenvalue weighted by atomic mass is 9.81. The van der Waals surface area contributed by atoms with Crippen LogP contribution in [0.5, 0.6) is 0 Å². The summed E-state index contributed by atoms with van der Waals surface area (Å²) >= 11 is 0. The molecule has 0 N–H and O–H groups in total. The molecule has 2 aromatic heterocycles. The van der Waals surface area contributed by atoms with Crippen molar-refractivity contribution in [2.75, 3.05) is 0 Å². The Labute approximate surface area is 461 Å². The number of hydrogen-bond acceptors (Lipinski definition) is 0. The van der Waals surface area contributed by atoms with E-state index in [1.165, 1.54) is 154 Å². The van der Waals surface area contributed by atoms with Crippen molar-refractivity contribution in [1.82, 2.24) is 9.13 Å². The van der Waals surface area contributed by atoms with E-state index in [2.05, 4.69) is 304 Å². The lowest BCUT2D eigenvalue weighted by Gasteiger charge is -2.22. The standard InChI is InChI=1S/C77H56N2/c1-49-21-35-57(36-22-49)78-73-19-11-9-17-67(73)69-47-55(33-43-75(69)78)61-41-31-53(59-13-5-7-15-63(59)61)29-25-51-27-39-65-66-40-28-52(46-72(66)77(3,4)71(65)45-51)26-30-54-32-42-62(64-16-8-6-14-60(54)64)56-34-44-76-70(48-56)68-18-10-12-20-74(68)79(76)58-37-23-50(2)24-38-58/h5-48H,1-4H3. The Hall–Kier alpha value is -9.76. The third-order valence-corrected chi connectivity index (χ3v) is 17.1. The van der Waals surface area contributed by atoms with E-state index in [9.17, 15) is 0 Å². The molecule has 14 aromatic rings. The van der Waals surface area contributed by atoms with Gasteiger partial charge in [0.15, 0.2) is 0 Å². The molecule has 79 heavy (non-hydrogen) atoms. The van der Waals surface area contributed by atoms with Crippen LogP contribution in [0.15, 0.2) is 243 Å². The Morgan fingerprint density at radius 2 is 0.658 bits per heavy atom. The summed E-state index contributed by atoms with van der Waals surface area (Å²) in [6, 6.07) is 90.2. The molecule has 15 rings (SSSR count). The summed E-state index contributed by atoms with van der Waals surface area (Å²) in [5.41, 5.74) is 24.7. The minimum atomic E-state index is -0.165. The van der Waals surface area contributed by atoms with Crippen LogP contribution in [0.2, 0.25) is 0 Å². The second-order valence-corrected chi connectivity index (χ2v) is 22.2. The van der Waals surface area contributed by atoms with E-state index in [1.54, 1.807) is 0 Å². The van der Waals surface area contributed by atoms with E-state index in [-0.39, 0.29) is 5.41 Å². The first-order valence-electron chi connectivity index (χ1n) is 27.6. The number of hydrogen-bond donors (Lipinski definition) is 0. The fourth-order valence-electron chi connectivity index (χ4n) is 13.0. The largest absolute Gasteiger partial charge is 0.309 e. The topological polar surface area (TPSA) is 9.86 Å². The lowest BCUT2D eigenvalue weighted by Crippen LogP contribution is -2.15. The summed E-state index contributed by atoms with van der Waals surface area (Å²) in [4.78, 5) is 0. The van der Waals surface area contributed by atoms with Crippen LogP contribution in [0.4, 0.5) is 0 Å². The smallest absolute Gasteiger partial charge is 0.0541 e. The van der Waals surface area contributed by atoms with Gasteiger partial charge < -0.3 is 9.13 Å². The number of benzene rings is 12. The molecule has 0 unspecified atom stereocenters. The Balaban J connectivity index is 0.708. The summed E-state index contributed by atoms with van der Waals surface area (Å²) in [5.74, 6) is 0. The van der Waals surface area contributed by atoms with Gasteiger partial charge in [0, 0.05) is 38.3 Å². The van der Waals surface area contributed by atoms with Gasteiger partial charge in [0.25, 0.3) is 0 Å². The second kappa shape index (κ2) is 18.2. The molecule has 2 nitrogen and oxygen atoms in total. The van der Waals surface area contributed by atoms with Gasteiger partial charge in [-0.1, -0.05) is 231 Å². The zero-order chi connectivity index (χ0) is 52.9. The summed E-state index contributed by atoms with van der Waals surface area (Å²) in [6.07, 6.45) is 9.18. The van der Waals surface area contributed by atoms with Gasteiger partial charge in [-0.15, -0.1) is 0 Å². The average molecular weight is 1010 g/mol. The first-order chi connectivity index (χ1) is 38.7. The Bertz CT molecular complexity index is 4550. The van der Waals surface area contributed by atoms with Gasteiger partial charge in [0.1, 0.15) is 0 Å². The van der Waals surface area contributed by atoms with Gasteiger partial charge in [-0.05, 0) is 163 Å². The van der Waals surface area contributed by atoms with Crippen LogP contribution in [0.3, 0.4) is 0 Å². The van der Waals surface area contributed by atoms with Crippen LogP contribution in [0, 0.1) is 13.8 Å². The van der Waals surface area contributed by atoms with Crippen LogP contribution in [0.25, 0.3) is 134 Å². The average Bonchev–Trinajstić information content (AvgIpc) is 4.26. The van der Waals surface area contributed by atoms with Gasteiger partial charge in [0.2, 0.25) is 0 Å². The first-order valence-corrected chi connectivity index (χ1v) is 27.6. The van der Waals surface area contributed by atoms with E-state index in [0.29, 0.717) is 0 Å². The molecule has 12 aromatic carbocycles. The highest BCUT2D eigenvalue weighted by Crippen LogP contribution is 2.50. The molecule has 0 saturated carbocycles. The van der Waals surface area contributed by atoms with Crippen LogP contribution < -0.4 is 0 Å². The van der Waals surface area contributed by atoms with Crippen molar-refractivity contribution < 1.29 is 0 Å². The van der Waals surface area contributed by atoms with Gasteiger partial charge in [-0.3, -0.25) is 0 Å². The molecule has 0 radical (unpaired) electrons. The maximum absolute atomic E-state index is 2.41. The first kappa shape index (κ1) is 46.5. The molecule has 0 atom stereocenters. The SMILES string of the molecule is Cc1ccc(-n2c3ccccc3c3cc(-c4ccc(C=Cc5ccc6c(c5)C(C)(C)c5cc(C=Cc7ccc(-c8ccc9c(c8)c8ccccc8n9-c8ccc(C)cc8)c8ccccc78)ccc5-6)c5ccccc45)ccc32)cc1. The maximum atomic E-state index is 2.41. The molecule has 0 aliphatic heterocycles. The fourth-order valence-corrected chi connectivity index (χ4v) is 13.0. The molecule has 0 fully saturated rings. The Kier molecular flexibility index (Phi) is 10.7. The molecule has 1 aliphatic rings. The molecule has 0 spiro atoms. The van der Waals surface area contributed by atoms with Crippen molar-refractivity contribution in [2.24, 2.45) is 0 Å². The molecule has 1 aliphatic carbocycles. The van der Waals surface area contributed by atoms with E-state index in [4.69, 9.17) is 0 Å². The quantitative estimate of drug-likeness (QED) is 0.134. The van der Waals surface area contributed by atoms with Crippen molar-refractivity contribution in [3.05, 3.63) is 287 Å². The van der Waals surface area contributed by atoms with Crippen molar-refractivity contribution in [3.63, 3.8) is 0 Å². The van der Waals surface area contributed by atoms with Gasteiger partial charge in [0.05, 0.1) is 22.1 Å². The zero-order valence-electron chi connectivity index (χ0n) is 44.8. The predicted octanol–water partition coefficient (Wildman–Crippen LogP) is 20.8. The van der Waals surface area contributed by atoms with Crippen LogP contribution >= 0.6 is 0 Å². The van der Waals surface area contributed by atoms with Crippen molar-refractivity contribution >= 4 is 89.5 Å². The van der Waals surface area contributed by atoms with Crippen molar-refractivity contribution in [2.45, 2.75) is 33.1 Å². The minimum absolute atomic E-state index is 0.165. The molecule has 374 valence electrons. The van der Waals surface area contributed by atoms with E-state index in [0.717, 1.165) is 0 Å². The highest BCUT2D eigenvalue weighted by molar-refractivity contribution is 6.13. The van der Waals surface area contributed by atoms with Crippen molar-refractivity contribution in [3.8, 4) is 44.8 Å². The number of rotatable bonds is 8. The molecule has 0 amide bonds. The number of aryl methyl sites for hydroxylation is 2. The van der Waals surface area contributed by atoms with Gasteiger partial charge in [-0.25, -0.2) is 0 Å². The lowest BCUT2D eigenvalue weighted by molar-refractivity contribution is 0.660. The summed E-state index contributed by atoms with van der Waals surface area (Å²) in [7, 11) is 0. The fraction of sp³-hybridized carbons (Fsp3) is 0.0649. The molecular formula is C77H56N2. The van der Waals surface area contributed by atoms with Crippen molar-refractivity contribution in [1.29, 1.82) is 0 Å². The molecular weight excluding hydrogens is 953 g/mol. The third-order valence-electron chi connectivity index (χ3n) is 17.1. The van der Waals surface area contributed by atoms with Crippen LogP contribution in [0.1, 0.15) is 58.4 Å². The Morgan fingerprint density at radius 3 is 1.09 bits per heavy atom. The number of fused-ring (bicyclic) bond motifs is 11. The number of aromatic nitrogens is 2. The highest BCUT2D eigenvalue weighted by atomic mass is 15.0. The molecule has 2 heteroatoms. The van der Waals surface area contributed by atoms with Gasteiger partial charge >= 0.3 is 0 Å². The second-order valence-electron chi connectivity index (χ2n) is 22.2. The number of para-hydroxylation sites is 2. The maximum Gasteiger partial charge on any atom is 0.0541 e. The highest BCUT2D eigenvalue weighted by Gasteiger charge is 2.35. The van der Waals surface area contributed by atoms with Gasteiger partial charge in [-0.2, -0.15) is 0 Å². The monoisotopic (exact) mass is 1010 g/mol. The molecule has 0 saturated heterocycles. The zero-order valence-corrected chi connectivity index (χ0v) is 44.8. The normalized spacial score (nSPS) is 13.1. The molecule has 2 heterocycles. The van der Waals surface area contributed by atoms with E-state index >= 15 is 0 Å². The van der Waals surface area contributed by atoms with Crippen LogP contribution in [-0.2, 0) is 5.41 Å². The van der Waals surface area contributed by atoms with Crippen LogP contribution in [-0.4, -0.2) is 9.13 Å². The summed E-state index contributed by atoms with van der Waals surface area (Å²) in [6.45, 7) is 9.05. The predicted molar refractivity (Wildman–Crippen MR) is 339 cm³/mol. The van der Waals surface area contributed by atoms with E-state index < -0.39 is 0 Å². The summed E-state index contributed by atoms with van der Waals surface area (Å²) in [5, 5.41) is 10.0. The summed E-state index contributed by atoms with van der Waals surface area (Å²) < 4.78 is 4.79. The Morgan fingerprint density at radius 1 is 0.291 bits per heavy atom. The van der Waals surface area contributed by atoms with E-state index in [1.807, 2.05) is 0 Å². The third kappa shape index (κ3) is 7.62.